The Balaban J connectivity index is 5.01. The Morgan fingerprint density at radius 2 is 1.89 bits per heavy atom. The van der Waals surface area contributed by atoms with E-state index in [1.807, 2.05) is 0 Å². The molecule has 0 aliphatic carbocycles. The van der Waals surface area contributed by atoms with Gasteiger partial charge in [0.15, 0.2) is 4.87 Å². The normalized spacial score (nSPS) is 14.1. The van der Waals surface area contributed by atoms with Gasteiger partial charge in [0.2, 0.25) is 5.91 Å². The summed E-state index contributed by atoms with van der Waals surface area (Å²) in [7, 11) is -4.35. The van der Waals surface area contributed by atoms with Crippen LogP contribution in [0.3, 0.4) is 0 Å². The van der Waals surface area contributed by atoms with Crippen LogP contribution in [0, 0.1) is 0 Å². The molecule has 7 nitrogen and oxygen atoms in total. The van der Waals surface area contributed by atoms with E-state index in [2.05, 4.69) is 27.7 Å². The molecule has 1 atom stereocenters. The van der Waals surface area contributed by atoms with E-state index in [4.69, 9.17) is 0 Å². The molecule has 0 aromatic heterocycles. The molecule has 18 heavy (non-hydrogen) atoms. The monoisotopic (exact) mass is 277 g/mol. The molecule has 0 saturated heterocycles. The highest BCUT2D eigenvalue weighted by Gasteiger charge is 2.41. The average Bonchev–Trinajstić information content (AvgIpc) is 2.35. The van der Waals surface area contributed by atoms with Crippen molar-refractivity contribution in [1.29, 1.82) is 0 Å². The van der Waals surface area contributed by atoms with E-state index in [-0.39, 0.29) is 6.42 Å². The molecule has 1 amide bonds. The molecule has 102 valence electrons. The molecule has 0 aliphatic heterocycles. The largest absolute Gasteiger partial charge is 0.366 e. The van der Waals surface area contributed by atoms with Crippen molar-refractivity contribution >= 4 is 22.0 Å². The standard InChI is InChI=1S/C10H15NO6S/c1-5-8(12)11-10(4,7-3)18(14,15)17-16-9(13)6-2/h5-6H,1-2,7H2,3-4H3,(H,11,12). The van der Waals surface area contributed by atoms with Crippen LogP contribution < -0.4 is 5.32 Å². The predicted molar refractivity (Wildman–Crippen MR) is 63.3 cm³/mol. The van der Waals surface area contributed by atoms with E-state index in [0.29, 0.717) is 0 Å². The van der Waals surface area contributed by atoms with E-state index in [1.54, 1.807) is 0 Å². The summed E-state index contributed by atoms with van der Waals surface area (Å²) in [5.41, 5.74) is 0. The number of carbonyl (C=O) groups is 2. The molecule has 0 spiro atoms. The highest BCUT2D eigenvalue weighted by atomic mass is 32.2. The molecule has 0 radical (unpaired) electrons. The molecule has 8 heteroatoms. The first-order valence-corrected chi connectivity index (χ1v) is 6.35. The minimum absolute atomic E-state index is 0.000549. The first-order chi connectivity index (χ1) is 8.22. The van der Waals surface area contributed by atoms with Gasteiger partial charge in [-0.1, -0.05) is 20.1 Å². The second-order valence-electron chi connectivity index (χ2n) is 3.41. The van der Waals surface area contributed by atoms with E-state index in [1.165, 1.54) is 13.8 Å². The van der Waals surface area contributed by atoms with Crippen molar-refractivity contribution < 1.29 is 27.2 Å². The minimum Gasteiger partial charge on any atom is -0.332 e. The number of carbonyl (C=O) groups excluding carboxylic acids is 2. The van der Waals surface area contributed by atoms with Gasteiger partial charge < -0.3 is 5.32 Å². The van der Waals surface area contributed by atoms with Crippen molar-refractivity contribution in [3.8, 4) is 0 Å². The lowest BCUT2D eigenvalue weighted by Crippen LogP contribution is -2.51. The number of hydrogen-bond acceptors (Lipinski definition) is 6. The summed E-state index contributed by atoms with van der Waals surface area (Å²) >= 11 is 0. The molecule has 1 unspecified atom stereocenters. The Kier molecular flexibility index (Phi) is 5.73. The minimum atomic E-state index is -4.35. The quantitative estimate of drug-likeness (QED) is 0.411. The van der Waals surface area contributed by atoms with Gasteiger partial charge >= 0.3 is 16.1 Å². The zero-order valence-corrected chi connectivity index (χ0v) is 11.0. The van der Waals surface area contributed by atoms with Crippen molar-refractivity contribution in [2.24, 2.45) is 0 Å². The maximum atomic E-state index is 11.8. The van der Waals surface area contributed by atoms with Crippen molar-refractivity contribution in [3.63, 3.8) is 0 Å². The lowest BCUT2D eigenvalue weighted by molar-refractivity contribution is -0.205. The fraction of sp³-hybridized carbons (Fsp3) is 0.400. The van der Waals surface area contributed by atoms with Crippen molar-refractivity contribution in [2.45, 2.75) is 25.1 Å². The van der Waals surface area contributed by atoms with Gasteiger partial charge in [-0.05, 0) is 23.8 Å². The molecule has 0 aromatic carbocycles. The van der Waals surface area contributed by atoms with E-state index in [0.717, 1.165) is 12.2 Å². The summed E-state index contributed by atoms with van der Waals surface area (Å²) in [5, 5.41) is 2.19. The summed E-state index contributed by atoms with van der Waals surface area (Å²) < 4.78 is 27.6. The SMILES string of the molecule is C=CC(=O)NC(C)(CC)S(=O)(=O)OOC(=O)C=C. The molecule has 0 aliphatic rings. The Labute approximate surface area is 106 Å². The zero-order chi connectivity index (χ0) is 14.4. The molecule has 1 N–H and O–H groups in total. The zero-order valence-electron chi connectivity index (χ0n) is 10.1. The molecular formula is C10H15NO6S. The van der Waals surface area contributed by atoms with Crippen molar-refractivity contribution in [3.05, 3.63) is 25.3 Å². The molecular weight excluding hydrogens is 262 g/mol. The van der Waals surface area contributed by atoms with Crippen LogP contribution in [0.4, 0.5) is 0 Å². The van der Waals surface area contributed by atoms with E-state index in [9.17, 15) is 18.0 Å². The maximum absolute atomic E-state index is 11.8. The van der Waals surface area contributed by atoms with Gasteiger partial charge in [-0.2, -0.15) is 8.42 Å². The molecule has 0 saturated carbocycles. The fourth-order valence-corrected chi connectivity index (χ4v) is 1.71. The van der Waals surface area contributed by atoms with Gasteiger partial charge in [0, 0.05) is 6.08 Å². The van der Waals surface area contributed by atoms with Crippen LogP contribution in [0.25, 0.3) is 0 Å². The maximum Gasteiger partial charge on any atom is 0.366 e. The highest BCUT2D eigenvalue weighted by Crippen LogP contribution is 2.20. The molecule has 0 aromatic rings. The van der Waals surface area contributed by atoms with Crippen LogP contribution in [0.5, 0.6) is 0 Å². The molecule has 0 rings (SSSR count). The summed E-state index contributed by atoms with van der Waals surface area (Å²) in [6.07, 6.45) is 1.65. The first kappa shape index (κ1) is 16.3. The van der Waals surface area contributed by atoms with Gasteiger partial charge in [-0.25, -0.2) is 4.79 Å². The van der Waals surface area contributed by atoms with Gasteiger partial charge in [-0.15, -0.1) is 0 Å². The number of rotatable bonds is 7. The van der Waals surface area contributed by atoms with E-state index >= 15 is 0 Å². The predicted octanol–water partition coefficient (Wildman–Crippen LogP) is 0.405. The fourth-order valence-electron chi connectivity index (χ4n) is 0.827. The molecule has 0 fully saturated rings. The smallest absolute Gasteiger partial charge is 0.332 e. The Bertz CT molecular complexity index is 455. The van der Waals surface area contributed by atoms with Crippen LogP contribution in [0.15, 0.2) is 25.3 Å². The Hall–Kier alpha value is -1.67. The first-order valence-electron chi connectivity index (χ1n) is 4.94. The third-order valence-corrected chi connectivity index (χ3v) is 3.91. The number of amides is 1. The molecule has 0 heterocycles. The van der Waals surface area contributed by atoms with Crippen LogP contribution in [-0.4, -0.2) is 25.2 Å². The summed E-state index contributed by atoms with van der Waals surface area (Å²) in [6, 6.07) is 0. The lowest BCUT2D eigenvalue weighted by Gasteiger charge is -2.26. The van der Waals surface area contributed by atoms with Gasteiger partial charge in [0.05, 0.1) is 0 Å². The van der Waals surface area contributed by atoms with Crippen LogP contribution in [-0.2, 0) is 28.9 Å². The van der Waals surface area contributed by atoms with Crippen LogP contribution >= 0.6 is 0 Å². The molecule has 0 bridgehead atoms. The summed E-state index contributed by atoms with van der Waals surface area (Å²) in [6.45, 7) is 9.00. The van der Waals surface area contributed by atoms with E-state index < -0.39 is 26.9 Å². The Morgan fingerprint density at radius 1 is 1.33 bits per heavy atom. The number of hydrogen-bond donors (Lipinski definition) is 1. The second kappa shape index (κ2) is 6.31. The van der Waals surface area contributed by atoms with Gasteiger partial charge in [0.25, 0.3) is 0 Å². The van der Waals surface area contributed by atoms with Gasteiger partial charge in [0.1, 0.15) is 0 Å². The Morgan fingerprint density at radius 3 is 2.28 bits per heavy atom. The summed E-state index contributed by atoms with van der Waals surface area (Å²) in [4.78, 5) is 24.1. The van der Waals surface area contributed by atoms with Crippen LogP contribution in [0.1, 0.15) is 20.3 Å². The third kappa shape index (κ3) is 3.97. The topological polar surface area (TPSA) is 98.8 Å². The number of nitrogens with one attached hydrogen (secondary N) is 1. The van der Waals surface area contributed by atoms with Crippen molar-refractivity contribution in [2.75, 3.05) is 0 Å². The van der Waals surface area contributed by atoms with Gasteiger partial charge in [-0.3, -0.25) is 9.68 Å². The lowest BCUT2D eigenvalue weighted by atomic mass is 10.2. The average molecular weight is 277 g/mol. The van der Waals surface area contributed by atoms with Crippen molar-refractivity contribution in [1.82, 2.24) is 5.32 Å². The second-order valence-corrected chi connectivity index (χ2v) is 5.35. The van der Waals surface area contributed by atoms with Crippen LogP contribution in [0.2, 0.25) is 0 Å². The summed E-state index contributed by atoms with van der Waals surface area (Å²) in [5.74, 6) is -1.76. The third-order valence-electron chi connectivity index (χ3n) is 2.17. The highest BCUT2D eigenvalue weighted by molar-refractivity contribution is 7.88.